The zero-order chi connectivity index (χ0) is 21.3. The molecule has 0 atom stereocenters. The van der Waals surface area contributed by atoms with E-state index in [9.17, 15) is 14.9 Å². The van der Waals surface area contributed by atoms with E-state index in [1.54, 1.807) is 17.0 Å². The fourth-order valence-electron chi connectivity index (χ4n) is 3.16. The molecule has 0 radical (unpaired) electrons. The number of non-ortho nitro benzene ring substituents is 1. The number of benzene rings is 2. The molecule has 4 rings (SSSR count). The smallest absolute Gasteiger partial charge is 0.270 e. The summed E-state index contributed by atoms with van der Waals surface area (Å²) in [5, 5.41) is 11.7. The summed E-state index contributed by atoms with van der Waals surface area (Å²) in [6.45, 7) is 1.41. The number of rotatable bonds is 7. The summed E-state index contributed by atoms with van der Waals surface area (Å²) in [7, 11) is 3.93. The van der Waals surface area contributed by atoms with Crippen LogP contribution in [-0.2, 0) is 0 Å². The number of anilines is 1. The van der Waals surface area contributed by atoms with Crippen molar-refractivity contribution in [3.63, 3.8) is 0 Å². The number of aromatic nitrogens is 1. The van der Waals surface area contributed by atoms with Crippen LogP contribution in [0.2, 0.25) is 0 Å². The molecule has 10 heteroatoms. The van der Waals surface area contributed by atoms with Gasteiger partial charge in [0, 0.05) is 36.4 Å². The zero-order valence-corrected chi connectivity index (χ0v) is 17.3. The van der Waals surface area contributed by atoms with E-state index in [4.69, 9.17) is 9.47 Å². The number of hydrogen-bond donors (Lipinski definition) is 0. The summed E-state index contributed by atoms with van der Waals surface area (Å²) in [5.41, 5.74) is 0.843. The van der Waals surface area contributed by atoms with E-state index in [2.05, 4.69) is 4.98 Å². The van der Waals surface area contributed by atoms with Crippen LogP contribution >= 0.6 is 11.3 Å². The summed E-state index contributed by atoms with van der Waals surface area (Å²) in [6, 6.07) is 9.41. The Hall–Kier alpha value is -3.24. The maximum atomic E-state index is 13.3. The van der Waals surface area contributed by atoms with Gasteiger partial charge in [0.25, 0.3) is 11.6 Å². The highest BCUT2D eigenvalue weighted by Gasteiger charge is 2.24. The van der Waals surface area contributed by atoms with Gasteiger partial charge in [0.05, 0.1) is 15.1 Å². The van der Waals surface area contributed by atoms with Crippen molar-refractivity contribution < 1.29 is 19.2 Å². The minimum absolute atomic E-state index is 0.121. The van der Waals surface area contributed by atoms with E-state index in [1.807, 2.05) is 25.1 Å². The molecule has 0 aliphatic carbocycles. The van der Waals surface area contributed by atoms with Gasteiger partial charge in [-0.1, -0.05) is 17.4 Å². The van der Waals surface area contributed by atoms with Crippen LogP contribution in [0.3, 0.4) is 0 Å². The largest absolute Gasteiger partial charge is 0.454 e. The molecule has 2 heterocycles. The molecule has 0 fully saturated rings. The number of nitro groups is 1. The maximum absolute atomic E-state index is 13.3. The molecule has 9 nitrogen and oxygen atoms in total. The number of ether oxygens (including phenoxy) is 2. The Labute approximate surface area is 176 Å². The Bertz CT molecular complexity index is 1070. The molecule has 0 spiro atoms. The third-order valence-electron chi connectivity index (χ3n) is 4.64. The number of carbonyl (C=O) groups excluding carboxylic acids is 1. The molecule has 30 heavy (non-hydrogen) atoms. The van der Waals surface area contributed by atoms with Gasteiger partial charge in [-0.2, -0.15) is 0 Å². The molecule has 3 aromatic rings. The summed E-state index contributed by atoms with van der Waals surface area (Å²) in [6.07, 6.45) is 0.728. The van der Waals surface area contributed by atoms with Crippen LogP contribution in [0.15, 0.2) is 36.4 Å². The fourth-order valence-corrected chi connectivity index (χ4v) is 4.16. The van der Waals surface area contributed by atoms with Crippen molar-refractivity contribution in [2.24, 2.45) is 0 Å². The van der Waals surface area contributed by atoms with Gasteiger partial charge in [-0.25, -0.2) is 4.98 Å². The molecule has 156 valence electrons. The lowest BCUT2D eigenvalue weighted by Gasteiger charge is -2.21. The number of hydrogen-bond acceptors (Lipinski definition) is 8. The van der Waals surface area contributed by atoms with Crippen LogP contribution in [0, 0.1) is 10.1 Å². The first kappa shape index (κ1) is 20.0. The molecule has 1 aromatic heterocycles. The number of fused-ring (bicyclic) bond motifs is 2. The van der Waals surface area contributed by atoms with E-state index < -0.39 is 4.92 Å². The number of thiazole rings is 1. The Morgan fingerprint density at radius 3 is 2.70 bits per heavy atom. The molecule has 0 N–H and O–H groups in total. The van der Waals surface area contributed by atoms with Crippen molar-refractivity contribution >= 4 is 38.3 Å². The number of amides is 1. The van der Waals surface area contributed by atoms with Crippen molar-refractivity contribution in [2.75, 3.05) is 38.9 Å². The summed E-state index contributed by atoms with van der Waals surface area (Å²) in [4.78, 5) is 32.1. The molecule has 0 saturated carbocycles. The molecular weight excluding hydrogens is 408 g/mol. The Morgan fingerprint density at radius 1 is 1.20 bits per heavy atom. The second-order valence-electron chi connectivity index (χ2n) is 7.09. The topological polar surface area (TPSA) is 98.0 Å². The standard InChI is InChI=1S/C20H20N4O5S/c1-22(2)7-4-8-23(19(25)13-5-3-6-14(9-13)24(26)27)20-21-15-10-16-17(29-12-28-16)11-18(15)30-20/h3,5-6,9-11H,4,7-8,12H2,1-2H3. The molecule has 2 aromatic carbocycles. The van der Waals surface area contributed by atoms with Gasteiger partial charge >= 0.3 is 0 Å². The average Bonchev–Trinajstić information content (AvgIpc) is 3.34. The van der Waals surface area contributed by atoms with Gasteiger partial charge in [0.2, 0.25) is 6.79 Å². The van der Waals surface area contributed by atoms with E-state index in [0.717, 1.165) is 17.7 Å². The Kier molecular flexibility index (Phi) is 5.51. The van der Waals surface area contributed by atoms with Gasteiger partial charge in [-0.05, 0) is 33.1 Å². The van der Waals surface area contributed by atoms with Crippen molar-refractivity contribution in [3.05, 3.63) is 52.1 Å². The van der Waals surface area contributed by atoms with Gasteiger partial charge in [0.15, 0.2) is 16.6 Å². The summed E-state index contributed by atoms with van der Waals surface area (Å²) < 4.78 is 11.7. The first-order chi connectivity index (χ1) is 14.4. The normalized spacial score (nSPS) is 12.5. The quantitative estimate of drug-likeness (QED) is 0.419. The fraction of sp³-hybridized carbons (Fsp3) is 0.300. The molecular formula is C20H20N4O5S. The molecule has 0 saturated heterocycles. The van der Waals surface area contributed by atoms with Crippen LogP contribution in [0.1, 0.15) is 16.8 Å². The molecule has 0 unspecified atom stereocenters. The van der Waals surface area contributed by atoms with Gasteiger partial charge < -0.3 is 14.4 Å². The number of carbonyl (C=O) groups is 1. The lowest BCUT2D eigenvalue weighted by molar-refractivity contribution is -0.384. The van der Waals surface area contributed by atoms with E-state index in [-0.39, 0.29) is 24.0 Å². The van der Waals surface area contributed by atoms with Crippen molar-refractivity contribution in [1.29, 1.82) is 0 Å². The second kappa shape index (κ2) is 8.25. The van der Waals surface area contributed by atoms with Crippen LogP contribution in [0.4, 0.5) is 10.8 Å². The number of nitrogens with zero attached hydrogens (tertiary/aromatic N) is 4. The highest BCUT2D eigenvalue weighted by Crippen LogP contribution is 2.40. The van der Waals surface area contributed by atoms with Crippen LogP contribution in [-0.4, -0.2) is 54.7 Å². The average molecular weight is 428 g/mol. The van der Waals surface area contributed by atoms with Crippen molar-refractivity contribution in [3.8, 4) is 11.5 Å². The minimum Gasteiger partial charge on any atom is -0.454 e. The van der Waals surface area contributed by atoms with Crippen LogP contribution in [0.5, 0.6) is 11.5 Å². The maximum Gasteiger partial charge on any atom is 0.270 e. The van der Waals surface area contributed by atoms with Crippen molar-refractivity contribution in [2.45, 2.75) is 6.42 Å². The van der Waals surface area contributed by atoms with Crippen molar-refractivity contribution in [1.82, 2.24) is 9.88 Å². The van der Waals surface area contributed by atoms with E-state index in [0.29, 0.717) is 28.7 Å². The zero-order valence-electron chi connectivity index (χ0n) is 16.5. The predicted octanol–water partition coefficient (Wildman–Crippen LogP) is 3.53. The van der Waals surface area contributed by atoms with Crippen LogP contribution in [0.25, 0.3) is 10.2 Å². The molecule has 1 aliphatic heterocycles. The molecule has 1 aliphatic rings. The summed E-state index contributed by atoms with van der Waals surface area (Å²) >= 11 is 1.37. The lowest BCUT2D eigenvalue weighted by Crippen LogP contribution is -2.33. The highest BCUT2D eigenvalue weighted by atomic mass is 32.1. The molecule has 0 bridgehead atoms. The lowest BCUT2D eigenvalue weighted by atomic mass is 10.1. The van der Waals surface area contributed by atoms with Gasteiger partial charge in [0.1, 0.15) is 0 Å². The third kappa shape index (κ3) is 4.05. The molecule has 1 amide bonds. The first-order valence-electron chi connectivity index (χ1n) is 9.33. The third-order valence-corrected chi connectivity index (χ3v) is 5.68. The highest BCUT2D eigenvalue weighted by molar-refractivity contribution is 7.22. The van der Waals surface area contributed by atoms with Gasteiger partial charge in [-0.3, -0.25) is 19.8 Å². The minimum atomic E-state index is -0.508. The first-order valence-corrected chi connectivity index (χ1v) is 10.2. The van der Waals surface area contributed by atoms with Crippen LogP contribution < -0.4 is 14.4 Å². The Morgan fingerprint density at radius 2 is 1.97 bits per heavy atom. The summed E-state index contributed by atoms with van der Waals surface area (Å²) in [5.74, 6) is 0.960. The van der Waals surface area contributed by atoms with E-state index in [1.165, 1.54) is 29.5 Å². The Balaban J connectivity index is 1.69. The second-order valence-corrected chi connectivity index (χ2v) is 8.10. The SMILES string of the molecule is CN(C)CCCN(C(=O)c1cccc([N+](=O)[O-])c1)c1nc2cc3c(cc2s1)OCO3. The van der Waals surface area contributed by atoms with E-state index >= 15 is 0 Å². The monoisotopic (exact) mass is 428 g/mol. The number of nitro benzene ring substituents is 1. The predicted molar refractivity (Wildman–Crippen MR) is 114 cm³/mol. The van der Waals surface area contributed by atoms with Gasteiger partial charge in [-0.15, -0.1) is 0 Å².